The van der Waals surface area contributed by atoms with E-state index in [1.807, 2.05) is 6.92 Å². The number of hydrogen-bond donors (Lipinski definition) is 1. The van der Waals surface area contributed by atoms with Crippen LogP contribution in [0.4, 0.5) is 0 Å². The highest BCUT2D eigenvalue weighted by Gasteiger charge is 2.34. The summed E-state index contributed by atoms with van der Waals surface area (Å²) in [6.45, 7) is 12.6. The van der Waals surface area contributed by atoms with Gasteiger partial charge in [0.15, 0.2) is 0 Å². The molecule has 1 unspecified atom stereocenters. The highest BCUT2D eigenvalue weighted by molar-refractivity contribution is 4.86. The molecule has 74 valence electrons. The maximum Gasteiger partial charge on any atom is 0.0667 e. The van der Waals surface area contributed by atoms with Crippen molar-refractivity contribution in [1.29, 1.82) is 0 Å². The van der Waals surface area contributed by atoms with Crippen LogP contribution in [-0.2, 0) is 0 Å². The van der Waals surface area contributed by atoms with E-state index < -0.39 is 5.60 Å². The lowest BCUT2D eigenvalue weighted by Crippen LogP contribution is -2.39. The van der Waals surface area contributed by atoms with Gasteiger partial charge in [0.25, 0.3) is 0 Å². The van der Waals surface area contributed by atoms with E-state index in [1.165, 1.54) is 0 Å². The van der Waals surface area contributed by atoms with Crippen LogP contribution in [0, 0.1) is 11.3 Å². The molecule has 12 heavy (non-hydrogen) atoms. The van der Waals surface area contributed by atoms with E-state index in [1.54, 1.807) is 0 Å². The molecule has 0 aliphatic heterocycles. The molecule has 0 aliphatic rings. The van der Waals surface area contributed by atoms with Crippen molar-refractivity contribution in [2.45, 2.75) is 60.0 Å². The monoisotopic (exact) mass is 172 g/mol. The van der Waals surface area contributed by atoms with Gasteiger partial charge in [-0.15, -0.1) is 0 Å². The second-order valence-corrected chi connectivity index (χ2v) is 5.46. The molecule has 0 radical (unpaired) electrons. The van der Waals surface area contributed by atoms with E-state index >= 15 is 0 Å². The fourth-order valence-corrected chi connectivity index (χ4v) is 0.945. The summed E-state index contributed by atoms with van der Waals surface area (Å²) in [5.41, 5.74) is -0.542. The first-order valence-electron chi connectivity index (χ1n) is 4.89. The summed E-state index contributed by atoms with van der Waals surface area (Å²) in [4.78, 5) is 0. The van der Waals surface area contributed by atoms with Gasteiger partial charge in [-0.2, -0.15) is 0 Å². The predicted molar refractivity (Wildman–Crippen MR) is 54.2 cm³/mol. The summed E-state index contributed by atoms with van der Waals surface area (Å²) in [6, 6.07) is 0. The van der Waals surface area contributed by atoms with Crippen molar-refractivity contribution in [2.24, 2.45) is 11.3 Å². The molecule has 0 aromatic rings. The van der Waals surface area contributed by atoms with Crippen LogP contribution in [0.2, 0.25) is 0 Å². The van der Waals surface area contributed by atoms with E-state index in [2.05, 4.69) is 34.6 Å². The molecular formula is C11H24O. The zero-order valence-electron chi connectivity index (χ0n) is 9.44. The van der Waals surface area contributed by atoms with E-state index in [9.17, 15) is 5.11 Å². The Morgan fingerprint density at radius 1 is 1.08 bits per heavy atom. The zero-order chi connectivity index (χ0) is 9.99. The fourth-order valence-electron chi connectivity index (χ4n) is 0.945. The SMILES string of the molecule is CC(C)CCC(C)(O)C(C)(C)C. The van der Waals surface area contributed by atoms with Gasteiger partial charge in [-0.25, -0.2) is 0 Å². The highest BCUT2D eigenvalue weighted by Crippen LogP contribution is 2.34. The summed E-state index contributed by atoms with van der Waals surface area (Å²) in [6.07, 6.45) is 2.00. The lowest BCUT2D eigenvalue weighted by atomic mass is 9.74. The lowest BCUT2D eigenvalue weighted by molar-refractivity contribution is -0.0513. The Balaban J connectivity index is 4.05. The molecule has 0 aromatic heterocycles. The summed E-state index contributed by atoms with van der Waals surface area (Å²) in [7, 11) is 0. The van der Waals surface area contributed by atoms with Gasteiger partial charge in [0.1, 0.15) is 0 Å². The van der Waals surface area contributed by atoms with Gasteiger partial charge in [-0.05, 0) is 31.1 Å². The Labute approximate surface area is 77.2 Å². The molecule has 0 bridgehead atoms. The van der Waals surface area contributed by atoms with Crippen molar-refractivity contribution < 1.29 is 5.11 Å². The molecule has 1 atom stereocenters. The quantitative estimate of drug-likeness (QED) is 0.693. The van der Waals surface area contributed by atoms with Crippen LogP contribution >= 0.6 is 0 Å². The Morgan fingerprint density at radius 3 is 1.75 bits per heavy atom. The molecular weight excluding hydrogens is 148 g/mol. The maximum absolute atomic E-state index is 10.1. The van der Waals surface area contributed by atoms with E-state index in [0.29, 0.717) is 5.92 Å². The molecule has 1 N–H and O–H groups in total. The van der Waals surface area contributed by atoms with E-state index in [0.717, 1.165) is 12.8 Å². The van der Waals surface area contributed by atoms with Crippen LogP contribution in [0.5, 0.6) is 0 Å². The topological polar surface area (TPSA) is 20.2 Å². The molecule has 1 heteroatoms. The van der Waals surface area contributed by atoms with Crippen LogP contribution in [0.25, 0.3) is 0 Å². The van der Waals surface area contributed by atoms with Crippen LogP contribution in [0.15, 0.2) is 0 Å². The van der Waals surface area contributed by atoms with Crippen molar-refractivity contribution in [2.75, 3.05) is 0 Å². The van der Waals surface area contributed by atoms with Crippen molar-refractivity contribution in [3.8, 4) is 0 Å². The third-order valence-electron chi connectivity index (χ3n) is 2.82. The zero-order valence-corrected chi connectivity index (χ0v) is 9.44. The summed E-state index contributed by atoms with van der Waals surface area (Å²) < 4.78 is 0. The third kappa shape index (κ3) is 3.57. The molecule has 0 aliphatic carbocycles. The minimum absolute atomic E-state index is 0.0120. The minimum atomic E-state index is -0.530. The molecule has 0 saturated heterocycles. The number of rotatable bonds is 3. The predicted octanol–water partition coefficient (Wildman–Crippen LogP) is 3.22. The summed E-state index contributed by atoms with van der Waals surface area (Å²) in [5, 5.41) is 10.1. The molecule has 1 nitrogen and oxygen atoms in total. The average Bonchev–Trinajstić information content (AvgIpc) is 1.81. The second kappa shape index (κ2) is 3.78. The number of aliphatic hydroxyl groups is 1. The Morgan fingerprint density at radius 2 is 1.50 bits per heavy atom. The third-order valence-corrected chi connectivity index (χ3v) is 2.82. The highest BCUT2D eigenvalue weighted by atomic mass is 16.3. The fraction of sp³-hybridized carbons (Fsp3) is 1.00. The Bertz CT molecular complexity index is 128. The van der Waals surface area contributed by atoms with Gasteiger partial charge in [-0.1, -0.05) is 34.6 Å². The van der Waals surface area contributed by atoms with Crippen LogP contribution in [-0.4, -0.2) is 10.7 Å². The van der Waals surface area contributed by atoms with Crippen molar-refractivity contribution >= 4 is 0 Å². The van der Waals surface area contributed by atoms with Gasteiger partial charge in [0.2, 0.25) is 0 Å². The van der Waals surface area contributed by atoms with Gasteiger partial charge < -0.3 is 5.11 Å². The molecule has 0 spiro atoms. The normalized spacial score (nSPS) is 18.0. The van der Waals surface area contributed by atoms with E-state index in [4.69, 9.17) is 0 Å². The van der Waals surface area contributed by atoms with Gasteiger partial charge in [0, 0.05) is 0 Å². The summed E-state index contributed by atoms with van der Waals surface area (Å²) in [5.74, 6) is 0.679. The molecule has 0 amide bonds. The molecule has 0 aromatic carbocycles. The standard InChI is InChI=1S/C11H24O/c1-9(2)7-8-11(6,12)10(3,4)5/h9,12H,7-8H2,1-6H3. The average molecular weight is 172 g/mol. The minimum Gasteiger partial charge on any atom is -0.390 e. The molecule has 0 saturated carbocycles. The first kappa shape index (κ1) is 12.0. The van der Waals surface area contributed by atoms with Crippen molar-refractivity contribution in [3.05, 3.63) is 0 Å². The van der Waals surface area contributed by atoms with Crippen LogP contribution in [0.1, 0.15) is 54.4 Å². The van der Waals surface area contributed by atoms with Gasteiger partial charge in [-0.3, -0.25) is 0 Å². The van der Waals surface area contributed by atoms with Crippen LogP contribution < -0.4 is 0 Å². The Hall–Kier alpha value is -0.0400. The van der Waals surface area contributed by atoms with Crippen molar-refractivity contribution in [3.63, 3.8) is 0 Å². The lowest BCUT2D eigenvalue weighted by Gasteiger charge is -2.37. The Kier molecular flexibility index (Phi) is 3.77. The first-order valence-corrected chi connectivity index (χ1v) is 4.89. The van der Waals surface area contributed by atoms with Gasteiger partial charge in [0.05, 0.1) is 5.60 Å². The summed E-state index contributed by atoms with van der Waals surface area (Å²) >= 11 is 0. The first-order chi connectivity index (χ1) is 5.17. The smallest absolute Gasteiger partial charge is 0.0667 e. The van der Waals surface area contributed by atoms with Crippen molar-refractivity contribution in [1.82, 2.24) is 0 Å². The van der Waals surface area contributed by atoms with Crippen LogP contribution in [0.3, 0.4) is 0 Å². The maximum atomic E-state index is 10.1. The second-order valence-electron chi connectivity index (χ2n) is 5.46. The molecule has 0 fully saturated rings. The van der Waals surface area contributed by atoms with Gasteiger partial charge >= 0.3 is 0 Å². The molecule has 0 heterocycles. The largest absolute Gasteiger partial charge is 0.390 e. The molecule has 0 rings (SSSR count). The van der Waals surface area contributed by atoms with E-state index in [-0.39, 0.29) is 5.41 Å². The number of hydrogen-bond acceptors (Lipinski definition) is 1.